The van der Waals surface area contributed by atoms with Crippen molar-refractivity contribution >= 4 is 11.0 Å². The van der Waals surface area contributed by atoms with Crippen LogP contribution >= 0.6 is 0 Å². The molecule has 1 aromatic carbocycles. The number of fused-ring (bicyclic) bond motifs is 1. The molecule has 0 unspecified atom stereocenters. The van der Waals surface area contributed by atoms with E-state index in [0.29, 0.717) is 0 Å². The summed E-state index contributed by atoms with van der Waals surface area (Å²) < 4.78 is 8.40. The van der Waals surface area contributed by atoms with Crippen molar-refractivity contribution in [3.05, 3.63) is 28.7 Å². The van der Waals surface area contributed by atoms with Crippen molar-refractivity contribution in [1.82, 2.24) is 9.13 Å². The van der Waals surface area contributed by atoms with Crippen molar-refractivity contribution in [2.75, 3.05) is 7.11 Å². The molecule has 0 spiro atoms. The van der Waals surface area contributed by atoms with Gasteiger partial charge in [-0.15, -0.1) is 0 Å². The Labute approximate surface area is 81.3 Å². The van der Waals surface area contributed by atoms with Crippen LogP contribution in [-0.4, -0.2) is 16.2 Å². The van der Waals surface area contributed by atoms with E-state index in [4.69, 9.17) is 4.74 Å². The highest BCUT2D eigenvalue weighted by Gasteiger charge is 2.10. The first kappa shape index (κ1) is 8.87. The standard InChI is InChI=1S/C10H12N2O2/c1-11-7-5-4-6-8(14-3)9(7)12(2)10(11)13/h4-6H,1-3H3. The summed E-state index contributed by atoms with van der Waals surface area (Å²) in [6.07, 6.45) is 0. The molecular formula is C10H12N2O2. The summed E-state index contributed by atoms with van der Waals surface area (Å²) in [5.74, 6) is 0.725. The molecule has 2 rings (SSSR count). The van der Waals surface area contributed by atoms with Crippen molar-refractivity contribution in [2.24, 2.45) is 14.1 Å². The molecule has 1 aromatic heterocycles. The average Bonchev–Trinajstić information content (AvgIpc) is 2.44. The second-order valence-electron chi connectivity index (χ2n) is 3.23. The zero-order chi connectivity index (χ0) is 10.3. The number of aromatic nitrogens is 2. The van der Waals surface area contributed by atoms with Crippen molar-refractivity contribution in [1.29, 1.82) is 0 Å². The van der Waals surface area contributed by atoms with Gasteiger partial charge in [-0.2, -0.15) is 0 Å². The molecule has 0 N–H and O–H groups in total. The number of para-hydroxylation sites is 1. The second-order valence-corrected chi connectivity index (χ2v) is 3.23. The quantitative estimate of drug-likeness (QED) is 0.672. The molecule has 0 aliphatic heterocycles. The van der Waals surface area contributed by atoms with Gasteiger partial charge in [-0.25, -0.2) is 4.79 Å². The molecule has 0 radical (unpaired) electrons. The van der Waals surface area contributed by atoms with Gasteiger partial charge in [-0.3, -0.25) is 9.13 Å². The molecule has 4 nitrogen and oxygen atoms in total. The summed E-state index contributed by atoms with van der Waals surface area (Å²) in [6.45, 7) is 0. The predicted molar refractivity (Wildman–Crippen MR) is 54.7 cm³/mol. The lowest BCUT2D eigenvalue weighted by Crippen LogP contribution is -2.19. The van der Waals surface area contributed by atoms with Crippen LogP contribution < -0.4 is 10.4 Å². The number of nitrogens with zero attached hydrogens (tertiary/aromatic N) is 2. The topological polar surface area (TPSA) is 36.2 Å². The number of rotatable bonds is 1. The van der Waals surface area contributed by atoms with Crippen LogP contribution in [0, 0.1) is 0 Å². The van der Waals surface area contributed by atoms with Gasteiger partial charge in [-0.1, -0.05) is 6.07 Å². The molecular weight excluding hydrogens is 180 g/mol. The molecule has 1 heterocycles. The number of hydrogen-bond donors (Lipinski definition) is 0. The van der Waals surface area contributed by atoms with E-state index < -0.39 is 0 Å². The van der Waals surface area contributed by atoms with Gasteiger partial charge in [0.15, 0.2) is 0 Å². The van der Waals surface area contributed by atoms with E-state index in [1.165, 1.54) is 0 Å². The molecule has 0 saturated carbocycles. The van der Waals surface area contributed by atoms with Gasteiger partial charge in [0.2, 0.25) is 0 Å². The molecule has 0 fully saturated rings. The van der Waals surface area contributed by atoms with E-state index in [0.717, 1.165) is 16.8 Å². The minimum atomic E-state index is -0.0375. The minimum absolute atomic E-state index is 0.0375. The Balaban J connectivity index is 3.02. The molecule has 74 valence electrons. The van der Waals surface area contributed by atoms with Crippen LogP contribution in [0.2, 0.25) is 0 Å². The third kappa shape index (κ3) is 0.968. The maximum Gasteiger partial charge on any atom is 0.328 e. The first-order valence-electron chi connectivity index (χ1n) is 4.35. The Bertz CT molecular complexity index is 537. The molecule has 4 heteroatoms. The number of benzene rings is 1. The first-order chi connectivity index (χ1) is 6.66. The summed E-state index contributed by atoms with van der Waals surface area (Å²) in [4.78, 5) is 11.6. The van der Waals surface area contributed by atoms with Gasteiger partial charge in [0.25, 0.3) is 0 Å². The van der Waals surface area contributed by atoms with E-state index in [1.807, 2.05) is 18.2 Å². The molecule has 0 amide bonds. The molecule has 0 saturated heterocycles. The fraction of sp³-hybridized carbons (Fsp3) is 0.300. The van der Waals surface area contributed by atoms with Crippen molar-refractivity contribution in [3.8, 4) is 5.75 Å². The zero-order valence-electron chi connectivity index (χ0n) is 8.44. The minimum Gasteiger partial charge on any atom is -0.494 e. The molecule has 0 bridgehead atoms. The van der Waals surface area contributed by atoms with Gasteiger partial charge in [0, 0.05) is 14.1 Å². The van der Waals surface area contributed by atoms with Crippen LogP contribution in [0.15, 0.2) is 23.0 Å². The Kier molecular flexibility index (Phi) is 1.84. The highest BCUT2D eigenvalue weighted by atomic mass is 16.5. The Hall–Kier alpha value is -1.71. The maximum atomic E-state index is 11.6. The van der Waals surface area contributed by atoms with Crippen LogP contribution in [0.4, 0.5) is 0 Å². The van der Waals surface area contributed by atoms with Crippen LogP contribution in [0.3, 0.4) is 0 Å². The van der Waals surface area contributed by atoms with E-state index in [2.05, 4.69) is 0 Å². The van der Waals surface area contributed by atoms with E-state index in [-0.39, 0.29) is 5.69 Å². The molecule has 0 aliphatic carbocycles. The molecule has 0 atom stereocenters. The number of hydrogen-bond acceptors (Lipinski definition) is 2. The van der Waals surface area contributed by atoms with Gasteiger partial charge in [-0.05, 0) is 12.1 Å². The fourth-order valence-electron chi connectivity index (χ4n) is 1.71. The Morgan fingerprint density at radius 2 is 1.93 bits per heavy atom. The Morgan fingerprint density at radius 3 is 2.57 bits per heavy atom. The van der Waals surface area contributed by atoms with E-state index in [1.54, 1.807) is 30.3 Å². The van der Waals surface area contributed by atoms with Gasteiger partial charge < -0.3 is 4.74 Å². The average molecular weight is 192 g/mol. The smallest absolute Gasteiger partial charge is 0.328 e. The number of methoxy groups -OCH3 is 1. The third-order valence-corrected chi connectivity index (χ3v) is 2.47. The SMILES string of the molecule is COc1cccc2c1n(C)c(=O)n2C. The molecule has 14 heavy (non-hydrogen) atoms. The fourth-order valence-corrected chi connectivity index (χ4v) is 1.71. The van der Waals surface area contributed by atoms with Crippen molar-refractivity contribution < 1.29 is 4.74 Å². The summed E-state index contributed by atoms with van der Waals surface area (Å²) in [7, 11) is 5.10. The van der Waals surface area contributed by atoms with Crippen LogP contribution in [0.1, 0.15) is 0 Å². The van der Waals surface area contributed by atoms with Crippen molar-refractivity contribution in [2.45, 2.75) is 0 Å². The molecule has 0 aliphatic rings. The summed E-state index contributed by atoms with van der Waals surface area (Å²) in [6, 6.07) is 5.63. The predicted octanol–water partition coefficient (Wildman–Crippen LogP) is 0.886. The lowest BCUT2D eigenvalue weighted by Gasteiger charge is -2.02. The third-order valence-electron chi connectivity index (χ3n) is 2.47. The zero-order valence-corrected chi connectivity index (χ0v) is 8.44. The monoisotopic (exact) mass is 192 g/mol. The van der Waals surface area contributed by atoms with E-state index in [9.17, 15) is 4.79 Å². The second kappa shape index (κ2) is 2.90. The molecule has 2 aromatic rings. The number of aryl methyl sites for hydroxylation is 2. The summed E-state index contributed by atoms with van der Waals surface area (Å²) >= 11 is 0. The lowest BCUT2D eigenvalue weighted by atomic mass is 10.3. The Morgan fingerprint density at radius 1 is 1.21 bits per heavy atom. The lowest BCUT2D eigenvalue weighted by molar-refractivity contribution is 0.418. The normalized spacial score (nSPS) is 10.8. The largest absolute Gasteiger partial charge is 0.494 e. The summed E-state index contributed by atoms with van der Waals surface area (Å²) in [5, 5.41) is 0. The van der Waals surface area contributed by atoms with E-state index >= 15 is 0 Å². The van der Waals surface area contributed by atoms with Gasteiger partial charge >= 0.3 is 5.69 Å². The highest BCUT2D eigenvalue weighted by molar-refractivity contribution is 5.82. The highest BCUT2D eigenvalue weighted by Crippen LogP contribution is 2.22. The number of ether oxygens (including phenoxy) is 1. The van der Waals surface area contributed by atoms with Crippen LogP contribution in [0.25, 0.3) is 11.0 Å². The summed E-state index contributed by atoms with van der Waals surface area (Å²) in [5.41, 5.74) is 1.68. The van der Waals surface area contributed by atoms with Gasteiger partial charge in [0.05, 0.1) is 12.6 Å². The maximum absolute atomic E-state index is 11.6. The first-order valence-corrected chi connectivity index (χ1v) is 4.35. The van der Waals surface area contributed by atoms with Crippen LogP contribution in [0.5, 0.6) is 5.75 Å². The van der Waals surface area contributed by atoms with Crippen LogP contribution in [-0.2, 0) is 14.1 Å². The van der Waals surface area contributed by atoms with Crippen molar-refractivity contribution in [3.63, 3.8) is 0 Å². The number of imidazole rings is 1. The van der Waals surface area contributed by atoms with Gasteiger partial charge in [0.1, 0.15) is 11.3 Å².